The summed E-state index contributed by atoms with van der Waals surface area (Å²) in [6.07, 6.45) is -0.173. The predicted octanol–water partition coefficient (Wildman–Crippen LogP) is 1.77. The fourth-order valence-corrected chi connectivity index (χ4v) is 1.44. The highest BCUT2D eigenvalue weighted by atomic mass is 79.9. The van der Waals surface area contributed by atoms with Crippen LogP contribution in [0.15, 0.2) is 22.7 Å². The molecule has 0 heterocycles. The van der Waals surface area contributed by atoms with Gasteiger partial charge in [-0.25, -0.2) is 4.79 Å². The number of carbonyl (C=O) groups is 2. The van der Waals surface area contributed by atoms with Gasteiger partial charge in [-0.15, -0.1) is 0 Å². The maximum absolute atomic E-state index is 10.7. The SMILES string of the molecule is O=C(O)Cc1ccc(Br)c(C(=O)O)c1. The maximum atomic E-state index is 10.7. The molecule has 0 aliphatic heterocycles. The summed E-state index contributed by atoms with van der Waals surface area (Å²) in [4.78, 5) is 21.1. The second-order valence-electron chi connectivity index (χ2n) is 2.69. The maximum Gasteiger partial charge on any atom is 0.336 e. The van der Waals surface area contributed by atoms with Crippen LogP contribution < -0.4 is 0 Å². The Morgan fingerprint density at radius 1 is 1.29 bits per heavy atom. The Morgan fingerprint density at radius 2 is 1.93 bits per heavy atom. The number of carboxylic acids is 2. The van der Waals surface area contributed by atoms with E-state index in [1.165, 1.54) is 12.1 Å². The molecule has 0 radical (unpaired) electrons. The van der Waals surface area contributed by atoms with Crippen molar-refractivity contribution in [2.45, 2.75) is 6.42 Å². The van der Waals surface area contributed by atoms with Crippen LogP contribution in [0.25, 0.3) is 0 Å². The quantitative estimate of drug-likeness (QED) is 0.867. The fraction of sp³-hybridized carbons (Fsp3) is 0.111. The van der Waals surface area contributed by atoms with Crippen molar-refractivity contribution in [2.75, 3.05) is 0 Å². The van der Waals surface area contributed by atoms with Crippen molar-refractivity contribution in [3.8, 4) is 0 Å². The first-order valence-electron chi connectivity index (χ1n) is 3.74. The summed E-state index contributed by atoms with van der Waals surface area (Å²) < 4.78 is 0.444. The van der Waals surface area contributed by atoms with Gasteiger partial charge in [-0.2, -0.15) is 0 Å². The lowest BCUT2D eigenvalue weighted by Crippen LogP contribution is -2.03. The number of halogens is 1. The van der Waals surface area contributed by atoms with E-state index in [0.717, 1.165) is 0 Å². The molecule has 5 heteroatoms. The summed E-state index contributed by atoms with van der Waals surface area (Å²) in [5.74, 6) is -2.06. The minimum Gasteiger partial charge on any atom is -0.481 e. The Bertz CT molecular complexity index is 386. The zero-order valence-electron chi connectivity index (χ0n) is 7.03. The number of hydrogen-bond donors (Lipinski definition) is 2. The first kappa shape index (κ1) is 10.7. The van der Waals surface area contributed by atoms with Gasteiger partial charge in [-0.05, 0) is 33.6 Å². The first-order valence-corrected chi connectivity index (χ1v) is 4.53. The summed E-state index contributed by atoms with van der Waals surface area (Å²) in [7, 11) is 0. The Morgan fingerprint density at radius 3 is 2.43 bits per heavy atom. The van der Waals surface area contributed by atoms with E-state index in [4.69, 9.17) is 10.2 Å². The standard InChI is InChI=1S/C9H7BrO4/c10-7-2-1-5(4-8(11)12)3-6(7)9(13)14/h1-3H,4H2,(H,11,12)(H,13,14). The third-order valence-corrected chi connectivity index (χ3v) is 2.31. The van der Waals surface area contributed by atoms with Gasteiger partial charge in [0.2, 0.25) is 0 Å². The molecular weight excluding hydrogens is 252 g/mol. The molecule has 0 atom stereocenters. The van der Waals surface area contributed by atoms with Crippen molar-refractivity contribution in [2.24, 2.45) is 0 Å². The number of aliphatic carboxylic acids is 1. The number of benzene rings is 1. The normalized spacial score (nSPS) is 9.79. The summed E-state index contributed by atoms with van der Waals surface area (Å²) in [6, 6.07) is 4.45. The highest BCUT2D eigenvalue weighted by molar-refractivity contribution is 9.10. The number of rotatable bonds is 3. The third-order valence-electron chi connectivity index (χ3n) is 1.62. The highest BCUT2D eigenvalue weighted by Gasteiger charge is 2.10. The van der Waals surface area contributed by atoms with E-state index in [1.54, 1.807) is 6.07 Å². The van der Waals surface area contributed by atoms with Crippen LogP contribution in [0, 0.1) is 0 Å². The van der Waals surface area contributed by atoms with Gasteiger partial charge in [0.15, 0.2) is 0 Å². The van der Waals surface area contributed by atoms with E-state index in [2.05, 4.69) is 15.9 Å². The van der Waals surface area contributed by atoms with E-state index in [9.17, 15) is 9.59 Å². The molecule has 2 N–H and O–H groups in total. The summed E-state index contributed by atoms with van der Waals surface area (Å²) >= 11 is 3.07. The predicted molar refractivity (Wildman–Crippen MR) is 52.4 cm³/mol. The number of aromatic carboxylic acids is 1. The van der Waals surface area contributed by atoms with Gasteiger partial charge in [-0.3, -0.25) is 4.79 Å². The molecule has 0 spiro atoms. The van der Waals surface area contributed by atoms with E-state index >= 15 is 0 Å². The summed E-state index contributed by atoms with van der Waals surface area (Å²) in [5.41, 5.74) is 0.543. The van der Waals surface area contributed by atoms with Crippen molar-refractivity contribution < 1.29 is 19.8 Å². The van der Waals surface area contributed by atoms with E-state index in [1.807, 2.05) is 0 Å². The van der Waals surface area contributed by atoms with Crippen molar-refractivity contribution in [1.82, 2.24) is 0 Å². The first-order chi connectivity index (χ1) is 6.50. The highest BCUT2D eigenvalue weighted by Crippen LogP contribution is 2.18. The molecule has 0 fully saturated rings. The molecule has 0 saturated heterocycles. The van der Waals surface area contributed by atoms with Crippen LogP contribution in [-0.2, 0) is 11.2 Å². The third kappa shape index (κ3) is 2.56. The van der Waals surface area contributed by atoms with Gasteiger partial charge in [0.25, 0.3) is 0 Å². The van der Waals surface area contributed by atoms with Crippen LogP contribution in [0.5, 0.6) is 0 Å². The minimum absolute atomic E-state index is 0.0729. The second-order valence-corrected chi connectivity index (χ2v) is 3.54. The van der Waals surface area contributed by atoms with E-state index < -0.39 is 11.9 Å². The molecule has 4 nitrogen and oxygen atoms in total. The van der Waals surface area contributed by atoms with Crippen LogP contribution in [0.3, 0.4) is 0 Å². The molecule has 1 rings (SSSR count). The summed E-state index contributed by atoms with van der Waals surface area (Å²) in [5, 5.41) is 17.3. The average Bonchev–Trinajstić information content (AvgIpc) is 2.07. The zero-order chi connectivity index (χ0) is 10.7. The smallest absolute Gasteiger partial charge is 0.336 e. The molecule has 0 saturated carbocycles. The average molecular weight is 259 g/mol. The number of hydrogen-bond acceptors (Lipinski definition) is 2. The lowest BCUT2D eigenvalue weighted by atomic mass is 10.1. The molecular formula is C9H7BrO4. The number of carboxylic acid groups (broad SMARTS) is 2. The topological polar surface area (TPSA) is 74.6 Å². The molecule has 0 aromatic heterocycles. The van der Waals surface area contributed by atoms with Gasteiger partial charge >= 0.3 is 11.9 Å². The van der Waals surface area contributed by atoms with E-state index in [0.29, 0.717) is 10.0 Å². The van der Waals surface area contributed by atoms with Crippen molar-refractivity contribution in [3.63, 3.8) is 0 Å². The molecule has 74 valence electrons. The van der Waals surface area contributed by atoms with Gasteiger partial charge in [0.05, 0.1) is 12.0 Å². The molecule has 0 bridgehead atoms. The Kier molecular flexibility index (Phi) is 3.24. The lowest BCUT2D eigenvalue weighted by Gasteiger charge is -2.01. The monoisotopic (exact) mass is 258 g/mol. The van der Waals surface area contributed by atoms with Crippen LogP contribution >= 0.6 is 15.9 Å². The van der Waals surface area contributed by atoms with Crippen LogP contribution in [0.1, 0.15) is 15.9 Å². The van der Waals surface area contributed by atoms with Gasteiger partial charge in [0.1, 0.15) is 0 Å². The van der Waals surface area contributed by atoms with Crippen LogP contribution in [0.2, 0.25) is 0 Å². The molecule has 1 aromatic rings. The van der Waals surface area contributed by atoms with Gasteiger partial charge in [0, 0.05) is 4.47 Å². The fourth-order valence-electron chi connectivity index (χ4n) is 1.02. The molecule has 14 heavy (non-hydrogen) atoms. The van der Waals surface area contributed by atoms with Crippen LogP contribution in [-0.4, -0.2) is 22.2 Å². The molecule has 0 unspecified atom stereocenters. The van der Waals surface area contributed by atoms with Gasteiger partial charge < -0.3 is 10.2 Å². The Balaban J connectivity index is 3.06. The molecule has 0 aliphatic rings. The summed E-state index contributed by atoms with van der Waals surface area (Å²) in [6.45, 7) is 0. The molecule has 0 amide bonds. The molecule has 0 aliphatic carbocycles. The second kappa shape index (κ2) is 4.23. The zero-order valence-corrected chi connectivity index (χ0v) is 8.61. The Labute approximate surface area is 88.3 Å². The van der Waals surface area contributed by atoms with E-state index in [-0.39, 0.29) is 12.0 Å². The van der Waals surface area contributed by atoms with Crippen LogP contribution in [0.4, 0.5) is 0 Å². The van der Waals surface area contributed by atoms with Crippen molar-refractivity contribution in [3.05, 3.63) is 33.8 Å². The minimum atomic E-state index is -1.08. The Hall–Kier alpha value is -1.36. The largest absolute Gasteiger partial charge is 0.481 e. The molecule has 1 aromatic carbocycles. The van der Waals surface area contributed by atoms with Crippen molar-refractivity contribution >= 4 is 27.9 Å². The lowest BCUT2D eigenvalue weighted by molar-refractivity contribution is -0.136. The van der Waals surface area contributed by atoms with Crippen molar-refractivity contribution in [1.29, 1.82) is 0 Å². The van der Waals surface area contributed by atoms with Gasteiger partial charge in [-0.1, -0.05) is 6.07 Å².